The molecular formula is C20H15NO2. The Morgan fingerprint density at radius 3 is 1.57 bits per heavy atom. The second-order valence-corrected chi connectivity index (χ2v) is 4.99. The van der Waals surface area contributed by atoms with Gasteiger partial charge in [0.05, 0.1) is 18.7 Å². The lowest BCUT2D eigenvalue weighted by Crippen LogP contribution is -1.86. The van der Waals surface area contributed by atoms with Crippen LogP contribution in [0.1, 0.15) is 5.56 Å². The SMILES string of the molecule is COc1ccc(Oc2ccc(-c3ccc(C#N)cc3)cc2)cc1. The zero-order valence-electron chi connectivity index (χ0n) is 12.7. The van der Waals surface area contributed by atoms with Crippen LogP contribution in [0.15, 0.2) is 72.8 Å². The van der Waals surface area contributed by atoms with E-state index in [4.69, 9.17) is 14.7 Å². The van der Waals surface area contributed by atoms with E-state index in [0.717, 1.165) is 28.4 Å². The summed E-state index contributed by atoms with van der Waals surface area (Å²) in [5.41, 5.74) is 2.81. The Morgan fingerprint density at radius 1 is 0.652 bits per heavy atom. The van der Waals surface area contributed by atoms with Crippen molar-refractivity contribution in [3.8, 4) is 34.4 Å². The van der Waals surface area contributed by atoms with E-state index in [1.807, 2.05) is 72.8 Å². The molecule has 3 aromatic rings. The highest BCUT2D eigenvalue weighted by atomic mass is 16.5. The fraction of sp³-hybridized carbons (Fsp3) is 0.0500. The van der Waals surface area contributed by atoms with Gasteiger partial charge in [-0.05, 0) is 59.7 Å². The predicted molar refractivity (Wildman–Crippen MR) is 89.7 cm³/mol. The molecule has 0 amide bonds. The van der Waals surface area contributed by atoms with Crippen LogP contribution in [0.4, 0.5) is 0 Å². The highest BCUT2D eigenvalue weighted by Crippen LogP contribution is 2.27. The fourth-order valence-corrected chi connectivity index (χ4v) is 2.23. The van der Waals surface area contributed by atoms with E-state index in [1.165, 1.54) is 0 Å². The number of benzene rings is 3. The number of methoxy groups -OCH3 is 1. The van der Waals surface area contributed by atoms with E-state index in [1.54, 1.807) is 7.11 Å². The van der Waals surface area contributed by atoms with Crippen LogP contribution in [0.2, 0.25) is 0 Å². The first-order valence-corrected chi connectivity index (χ1v) is 7.21. The van der Waals surface area contributed by atoms with Crippen LogP contribution in [0, 0.1) is 11.3 Å². The minimum atomic E-state index is 0.660. The standard InChI is InChI=1S/C20H15NO2/c1-22-18-10-12-20(13-11-18)23-19-8-6-17(7-9-19)16-4-2-15(14-21)3-5-16/h2-13H,1H3. The van der Waals surface area contributed by atoms with E-state index in [2.05, 4.69) is 6.07 Å². The van der Waals surface area contributed by atoms with Crippen molar-refractivity contribution in [1.29, 1.82) is 5.26 Å². The number of rotatable bonds is 4. The van der Waals surface area contributed by atoms with Crippen molar-refractivity contribution in [2.75, 3.05) is 7.11 Å². The summed E-state index contributed by atoms with van der Waals surface area (Å²) in [4.78, 5) is 0. The summed E-state index contributed by atoms with van der Waals surface area (Å²) in [5, 5.41) is 8.83. The van der Waals surface area contributed by atoms with E-state index in [9.17, 15) is 0 Å². The maximum atomic E-state index is 8.83. The van der Waals surface area contributed by atoms with Gasteiger partial charge in [-0.15, -0.1) is 0 Å². The molecule has 0 bridgehead atoms. The largest absolute Gasteiger partial charge is 0.497 e. The maximum absolute atomic E-state index is 8.83. The zero-order valence-corrected chi connectivity index (χ0v) is 12.7. The lowest BCUT2D eigenvalue weighted by atomic mass is 10.0. The van der Waals surface area contributed by atoms with Crippen LogP contribution in [0.25, 0.3) is 11.1 Å². The summed E-state index contributed by atoms with van der Waals surface area (Å²) >= 11 is 0. The van der Waals surface area contributed by atoms with Crippen LogP contribution in [-0.4, -0.2) is 7.11 Å². The fourth-order valence-electron chi connectivity index (χ4n) is 2.23. The Labute approximate surface area is 135 Å². The number of nitrogens with zero attached hydrogens (tertiary/aromatic N) is 1. The summed E-state index contributed by atoms with van der Waals surface area (Å²) in [6.07, 6.45) is 0. The molecule has 0 saturated carbocycles. The first-order chi connectivity index (χ1) is 11.3. The van der Waals surface area contributed by atoms with Gasteiger partial charge in [-0.2, -0.15) is 5.26 Å². The third-order valence-corrected chi connectivity index (χ3v) is 3.50. The van der Waals surface area contributed by atoms with Gasteiger partial charge in [0.2, 0.25) is 0 Å². The molecule has 3 rings (SSSR count). The van der Waals surface area contributed by atoms with Crippen LogP contribution < -0.4 is 9.47 Å². The summed E-state index contributed by atoms with van der Waals surface area (Å²) in [6.45, 7) is 0. The Bertz CT molecular complexity index is 814. The summed E-state index contributed by atoms with van der Waals surface area (Å²) in [5.74, 6) is 2.33. The monoisotopic (exact) mass is 301 g/mol. The van der Waals surface area contributed by atoms with E-state index >= 15 is 0 Å². The van der Waals surface area contributed by atoms with Crippen molar-refractivity contribution < 1.29 is 9.47 Å². The van der Waals surface area contributed by atoms with E-state index in [0.29, 0.717) is 5.56 Å². The van der Waals surface area contributed by atoms with Gasteiger partial charge in [0, 0.05) is 0 Å². The third kappa shape index (κ3) is 3.50. The molecule has 0 radical (unpaired) electrons. The molecule has 112 valence electrons. The third-order valence-electron chi connectivity index (χ3n) is 3.50. The first-order valence-electron chi connectivity index (χ1n) is 7.21. The summed E-state index contributed by atoms with van der Waals surface area (Å²) in [7, 11) is 1.64. The topological polar surface area (TPSA) is 42.2 Å². The molecule has 0 N–H and O–H groups in total. The zero-order chi connectivity index (χ0) is 16.1. The van der Waals surface area contributed by atoms with Gasteiger partial charge in [0.25, 0.3) is 0 Å². The molecule has 0 unspecified atom stereocenters. The predicted octanol–water partition coefficient (Wildman–Crippen LogP) is 5.03. The van der Waals surface area contributed by atoms with E-state index < -0.39 is 0 Å². The molecule has 23 heavy (non-hydrogen) atoms. The van der Waals surface area contributed by atoms with Gasteiger partial charge in [-0.1, -0.05) is 24.3 Å². The minimum Gasteiger partial charge on any atom is -0.497 e. The molecule has 0 spiro atoms. The Hall–Kier alpha value is -3.25. The Balaban J connectivity index is 1.74. The highest BCUT2D eigenvalue weighted by molar-refractivity contribution is 5.65. The molecule has 3 heteroatoms. The number of hydrogen-bond donors (Lipinski definition) is 0. The minimum absolute atomic E-state index is 0.660. The lowest BCUT2D eigenvalue weighted by molar-refractivity contribution is 0.413. The van der Waals surface area contributed by atoms with Crippen LogP contribution >= 0.6 is 0 Å². The second kappa shape index (κ2) is 6.67. The number of ether oxygens (including phenoxy) is 2. The van der Waals surface area contributed by atoms with Crippen molar-refractivity contribution in [1.82, 2.24) is 0 Å². The molecular weight excluding hydrogens is 286 g/mol. The smallest absolute Gasteiger partial charge is 0.127 e. The van der Waals surface area contributed by atoms with Crippen LogP contribution in [0.3, 0.4) is 0 Å². The normalized spacial score (nSPS) is 9.91. The number of nitriles is 1. The van der Waals surface area contributed by atoms with Crippen LogP contribution in [-0.2, 0) is 0 Å². The van der Waals surface area contributed by atoms with Crippen LogP contribution in [0.5, 0.6) is 17.2 Å². The molecule has 0 aliphatic heterocycles. The average molecular weight is 301 g/mol. The Kier molecular flexibility index (Phi) is 4.26. The number of hydrogen-bond acceptors (Lipinski definition) is 3. The van der Waals surface area contributed by atoms with Gasteiger partial charge in [0.15, 0.2) is 0 Å². The molecule has 0 aromatic heterocycles. The van der Waals surface area contributed by atoms with Gasteiger partial charge >= 0.3 is 0 Å². The highest BCUT2D eigenvalue weighted by Gasteiger charge is 2.01. The molecule has 0 aliphatic carbocycles. The van der Waals surface area contributed by atoms with Gasteiger partial charge in [-0.3, -0.25) is 0 Å². The quantitative estimate of drug-likeness (QED) is 0.679. The van der Waals surface area contributed by atoms with Crippen molar-refractivity contribution in [2.45, 2.75) is 0 Å². The molecule has 3 nitrogen and oxygen atoms in total. The molecule has 0 saturated heterocycles. The van der Waals surface area contributed by atoms with Crippen molar-refractivity contribution >= 4 is 0 Å². The second-order valence-electron chi connectivity index (χ2n) is 4.99. The summed E-state index contributed by atoms with van der Waals surface area (Å²) < 4.78 is 10.9. The van der Waals surface area contributed by atoms with Gasteiger partial charge in [-0.25, -0.2) is 0 Å². The first kappa shape index (κ1) is 14.7. The molecule has 0 fully saturated rings. The average Bonchev–Trinajstić information content (AvgIpc) is 2.63. The molecule has 0 aliphatic rings. The molecule has 0 atom stereocenters. The van der Waals surface area contributed by atoms with Gasteiger partial charge < -0.3 is 9.47 Å². The Morgan fingerprint density at radius 2 is 1.09 bits per heavy atom. The van der Waals surface area contributed by atoms with Crippen molar-refractivity contribution in [2.24, 2.45) is 0 Å². The van der Waals surface area contributed by atoms with Gasteiger partial charge in [0.1, 0.15) is 17.2 Å². The lowest BCUT2D eigenvalue weighted by Gasteiger charge is -2.08. The van der Waals surface area contributed by atoms with Crippen molar-refractivity contribution in [3.05, 3.63) is 78.4 Å². The molecule has 3 aromatic carbocycles. The van der Waals surface area contributed by atoms with E-state index in [-0.39, 0.29) is 0 Å². The summed E-state index contributed by atoms with van der Waals surface area (Å²) in [6, 6.07) is 25.0. The van der Waals surface area contributed by atoms with Crippen molar-refractivity contribution in [3.63, 3.8) is 0 Å². The maximum Gasteiger partial charge on any atom is 0.127 e. The molecule has 0 heterocycles.